The van der Waals surface area contributed by atoms with E-state index in [1.807, 2.05) is 0 Å². The molecule has 0 saturated carbocycles. The predicted octanol–water partition coefficient (Wildman–Crippen LogP) is 10.2. The number of nitrogens with zero attached hydrogens (tertiary/aromatic N) is 1. The van der Waals surface area contributed by atoms with Crippen molar-refractivity contribution >= 4 is 0 Å². The molecule has 0 amide bonds. The lowest BCUT2D eigenvalue weighted by Crippen LogP contribution is -2.10. The predicted molar refractivity (Wildman–Crippen MR) is 144 cm³/mol. The zero-order valence-corrected chi connectivity index (χ0v) is 22.3. The number of allylic oxidation sites excluding steroid dienone is 2. The summed E-state index contributed by atoms with van der Waals surface area (Å²) < 4.78 is 1.71. The second-order valence-corrected chi connectivity index (χ2v) is 10.1. The molecule has 3 heteroatoms. The lowest BCUT2D eigenvalue weighted by Gasteiger charge is -2.22. The molecule has 1 aromatic heterocycles. The van der Waals surface area contributed by atoms with Gasteiger partial charge in [0, 0.05) is 12.1 Å². The van der Waals surface area contributed by atoms with Crippen molar-refractivity contribution in [3.63, 3.8) is 0 Å². The highest BCUT2D eigenvalue weighted by Crippen LogP contribution is 2.34. The molecular weight excluding hydrogens is 406 g/mol. The number of aromatic hydroxyl groups is 2. The van der Waals surface area contributed by atoms with Gasteiger partial charge in [-0.05, 0) is 26.2 Å². The van der Waals surface area contributed by atoms with Gasteiger partial charge in [-0.1, -0.05) is 135 Å². The fraction of sp³-hybridized carbons (Fsp3) is 0.800. The van der Waals surface area contributed by atoms with Crippen LogP contribution in [0.1, 0.15) is 155 Å². The molecule has 192 valence electrons. The molecule has 1 atom stereocenters. The van der Waals surface area contributed by atoms with Gasteiger partial charge in [-0.25, -0.2) is 0 Å². The molecule has 0 fully saturated rings. The molecule has 0 aliphatic rings. The lowest BCUT2D eigenvalue weighted by molar-refractivity contribution is 0.336. The van der Waals surface area contributed by atoms with Gasteiger partial charge in [-0.2, -0.15) is 0 Å². The van der Waals surface area contributed by atoms with Crippen LogP contribution in [-0.2, 0) is 0 Å². The maximum atomic E-state index is 10.3. The number of unbranched alkanes of at least 4 members (excludes halogenated alkanes) is 17. The fourth-order valence-electron chi connectivity index (χ4n) is 4.88. The summed E-state index contributed by atoms with van der Waals surface area (Å²) in [4.78, 5) is 0. The van der Waals surface area contributed by atoms with Gasteiger partial charge in [-0.3, -0.25) is 4.57 Å². The number of hydrogen-bond acceptors (Lipinski definition) is 2. The van der Waals surface area contributed by atoms with E-state index in [-0.39, 0.29) is 17.8 Å². The second-order valence-electron chi connectivity index (χ2n) is 10.1. The van der Waals surface area contributed by atoms with Gasteiger partial charge in [0.15, 0.2) is 11.8 Å². The van der Waals surface area contributed by atoms with Crippen LogP contribution in [0.3, 0.4) is 0 Å². The smallest absolute Gasteiger partial charge is 0.194 e. The molecule has 0 bridgehead atoms. The Morgan fingerprint density at radius 1 is 0.667 bits per heavy atom. The third-order valence-corrected chi connectivity index (χ3v) is 7.07. The first-order valence-corrected chi connectivity index (χ1v) is 14.4. The molecule has 0 aliphatic heterocycles. The molecule has 0 spiro atoms. The standard InChI is InChI=1S/C30H55NO2/c1-4-6-8-10-12-13-14-15-16-17-18-20-22-24-28(31-29(32)25-26-30(31)33)27(3)23-21-19-11-9-7-5-2/h23,25-26,28,32-33H,4-22,24H2,1-3H3. The number of hydrogen-bond donors (Lipinski definition) is 2. The minimum atomic E-state index is 0.0587. The van der Waals surface area contributed by atoms with E-state index in [0.29, 0.717) is 0 Å². The van der Waals surface area contributed by atoms with Crippen molar-refractivity contribution in [3.8, 4) is 11.8 Å². The van der Waals surface area contributed by atoms with Gasteiger partial charge in [0.1, 0.15) is 0 Å². The minimum absolute atomic E-state index is 0.0587. The average molecular weight is 462 g/mol. The minimum Gasteiger partial charge on any atom is -0.494 e. The second kappa shape index (κ2) is 20.0. The highest BCUT2D eigenvalue weighted by atomic mass is 16.3. The van der Waals surface area contributed by atoms with Crippen molar-refractivity contribution in [2.75, 3.05) is 0 Å². The Kier molecular flexibility index (Phi) is 18.0. The van der Waals surface area contributed by atoms with Crippen molar-refractivity contribution in [3.05, 3.63) is 23.8 Å². The molecule has 2 N–H and O–H groups in total. The quantitative estimate of drug-likeness (QED) is 0.133. The topological polar surface area (TPSA) is 45.4 Å². The van der Waals surface area contributed by atoms with E-state index in [4.69, 9.17) is 0 Å². The molecule has 1 unspecified atom stereocenters. The van der Waals surface area contributed by atoms with Crippen LogP contribution in [0.25, 0.3) is 0 Å². The maximum Gasteiger partial charge on any atom is 0.194 e. The van der Waals surface area contributed by atoms with Crippen molar-refractivity contribution in [1.29, 1.82) is 0 Å². The van der Waals surface area contributed by atoms with E-state index in [9.17, 15) is 10.2 Å². The van der Waals surface area contributed by atoms with Crippen molar-refractivity contribution in [1.82, 2.24) is 4.57 Å². The van der Waals surface area contributed by atoms with Crippen LogP contribution in [0.2, 0.25) is 0 Å². The monoisotopic (exact) mass is 461 g/mol. The first kappa shape index (κ1) is 29.7. The summed E-state index contributed by atoms with van der Waals surface area (Å²) in [7, 11) is 0. The van der Waals surface area contributed by atoms with Crippen LogP contribution in [0, 0.1) is 0 Å². The van der Waals surface area contributed by atoms with E-state index < -0.39 is 0 Å². The molecule has 1 aromatic rings. The van der Waals surface area contributed by atoms with Gasteiger partial charge in [0.25, 0.3) is 0 Å². The third kappa shape index (κ3) is 13.8. The summed E-state index contributed by atoms with van der Waals surface area (Å²) in [5.74, 6) is 0.339. The summed E-state index contributed by atoms with van der Waals surface area (Å²) in [6, 6.07) is 3.26. The highest BCUT2D eigenvalue weighted by molar-refractivity contribution is 5.28. The zero-order valence-electron chi connectivity index (χ0n) is 22.3. The molecule has 0 saturated heterocycles. The van der Waals surface area contributed by atoms with E-state index in [1.54, 1.807) is 16.7 Å². The first-order valence-electron chi connectivity index (χ1n) is 14.4. The Balaban J connectivity index is 2.29. The van der Waals surface area contributed by atoms with Crippen LogP contribution in [-0.4, -0.2) is 14.8 Å². The Labute approximate surface area is 205 Å². The molecule has 33 heavy (non-hydrogen) atoms. The Bertz CT molecular complexity index is 585. The summed E-state index contributed by atoms with van der Waals surface area (Å²) in [6.07, 6.45) is 28.5. The van der Waals surface area contributed by atoms with Gasteiger partial charge in [0.05, 0.1) is 6.04 Å². The third-order valence-electron chi connectivity index (χ3n) is 7.07. The van der Waals surface area contributed by atoms with E-state index in [1.165, 1.54) is 115 Å². The van der Waals surface area contributed by atoms with Gasteiger partial charge in [0.2, 0.25) is 0 Å². The molecule has 1 rings (SSSR count). The van der Waals surface area contributed by atoms with Crippen LogP contribution in [0.5, 0.6) is 11.8 Å². The Morgan fingerprint density at radius 2 is 1.06 bits per heavy atom. The largest absolute Gasteiger partial charge is 0.494 e. The summed E-state index contributed by atoms with van der Waals surface area (Å²) >= 11 is 0. The number of aromatic nitrogens is 1. The summed E-state index contributed by atoms with van der Waals surface area (Å²) in [5, 5.41) is 20.6. The van der Waals surface area contributed by atoms with E-state index in [2.05, 4.69) is 26.8 Å². The molecule has 1 heterocycles. The van der Waals surface area contributed by atoms with Gasteiger partial charge in [-0.15, -0.1) is 0 Å². The zero-order chi connectivity index (χ0) is 24.2. The normalized spacial score (nSPS) is 13.0. The van der Waals surface area contributed by atoms with Crippen LogP contribution in [0.4, 0.5) is 0 Å². The van der Waals surface area contributed by atoms with Crippen LogP contribution in [0.15, 0.2) is 23.8 Å². The molecule has 0 aromatic carbocycles. The van der Waals surface area contributed by atoms with Crippen LogP contribution < -0.4 is 0 Å². The van der Waals surface area contributed by atoms with Crippen molar-refractivity contribution in [2.24, 2.45) is 0 Å². The Morgan fingerprint density at radius 3 is 1.52 bits per heavy atom. The van der Waals surface area contributed by atoms with E-state index >= 15 is 0 Å². The van der Waals surface area contributed by atoms with Gasteiger partial charge < -0.3 is 10.2 Å². The first-order chi connectivity index (χ1) is 16.1. The van der Waals surface area contributed by atoms with Crippen LogP contribution >= 0.6 is 0 Å². The average Bonchev–Trinajstić information content (AvgIpc) is 3.14. The Hall–Kier alpha value is -1.38. The molecule has 0 radical (unpaired) electrons. The highest BCUT2D eigenvalue weighted by Gasteiger charge is 2.19. The molecule has 3 nitrogen and oxygen atoms in total. The van der Waals surface area contributed by atoms with E-state index in [0.717, 1.165) is 19.3 Å². The molecular formula is C30H55NO2. The van der Waals surface area contributed by atoms with Crippen molar-refractivity contribution in [2.45, 2.75) is 155 Å². The molecule has 0 aliphatic carbocycles. The summed E-state index contributed by atoms with van der Waals surface area (Å²) in [6.45, 7) is 6.70. The lowest BCUT2D eigenvalue weighted by atomic mass is 9.98. The van der Waals surface area contributed by atoms with Crippen molar-refractivity contribution < 1.29 is 10.2 Å². The summed E-state index contributed by atoms with van der Waals surface area (Å²) in [5.41, 5.74) is 1.27. The van der Waals surface area contributed by atoms with Gasteiger partial charge >= 0.3 is 0 Å². The number of rotatable bonds is 22. The SMILES string of the molecule is CCCCCCCC=C(C)C(CCCCCCCCCCCCCCC)n1c(O)ccc1O. The maximum absolute atomic E-state index is 10.3. The fourth-order valence-corrected chi connectivity index (χ4v) is 4.88.